The van der Waals surface area contributed by atoms with Gasteiger partial charge in [-0.1, -0.05) is 19.3 Å². The summed E-state index contributed by atoms with van der Waals surface area (Å²) in [6, 6.07) is 0. The summed E-state index contributed by atoms with van der Waals surface area (Å²) in [4.78, 5) is 29.0. The molecule has 0 bridgehead atoms. The van der Waals surface area contributed by atoms with Crippen molar-refractivity contribution in [1.29, 1.82) is 0 Å². The van der Waals surface area contributed by atoms with Gasteiger partial charge in [0.15, 0.2) is 0 Å². The van der Waals surface area contributed by atoms with E-state index in [9.17, 15) is 9.59 Å². The van der Waals surface area contributed by atoms with Crippen LogP contribution in [-0.4, -0.2) is 61.0 Å². The molecule has 25 heavy (non-hydrogen) atoms. The van der Waals surface area contributed by atoms with Crippen molar-refractivity contribution < 1.29 is 14.3 Å². The minimum Gasteiger partial charge on any atom is -0.466 e. The third-order valence-corrected chi connectivity index (χ3v) is 5.51. The number of nitrogens with zero attached hydrogens (tertiary/aromatic N) is 2. The standard InChI is InChI=1S/C20H36N2O3/c1-2-25-19(23)12-17-22(20(24)18-10-4-3-5-11-18)16-9-8-15-21-13-6-7-14-21/h18H,2-17H2,1H3. The van der Waals surface area contributed by atoms with Gasteiger partial charge in [0.1, 0.15) is 0 Å². The minimum absolute atomic E-state index is 0.175. The fraction of sp³-hybridized carbons (Fsp3) is 0.900. The van der Waals surface area contributed by atoms with Crippen LogP contribution in [-0.2, 0) is 14.3 Å². The number of carbonyl (C=O) groups is 2. The Balaban J connectivity index is 1.77. The zero-order chi connectivity index (χ0) is 17.9. The zero-order valence-corrected chi connectivity index (χ0v) is 16.0. The highest BCUT2D eigenvalue weighted by molar-refractivity contribution is 5.79. The van der Waals surface area contributed by atoms with Crippen molar-refractivity contribution in [3.63, 3.8) is 0 Å². The Morgan fingerprint density at radius 1 is 1.00 bits per heavy atom. The number of ether oxygens (including phenoxy) is 1. The van der Waals surface area contributed by atoms with Crippen LogP contribution in [0.5, 0.6) is 0 Å². The second kappa shape index (κ2) is 11.5. The molecule has 2 aliphatic rings. The van der Waals surface area contributed by atoms with Crippen LogP contribution in [0.25, 0.3) is 0 Å². The van der Waals surface area contributed by atoms with Crippen LogP contribution in [0.4, 0.5) is 0 Å². The Bertz CT molecular complexity index is 402. The molecule has 1 amide bonds. The van der Waals surface area contributed by atoms with Gasteiger partial charge in [0.2, 0.25) is 5.91 Å². The Kier molecular flexibility index (Phi) is 9.30. The molecular formula is C20H36N2O3. The molecule has 144 valence electrons. The van der Waals surface area contributed by atoms with Crippen LogP contribution in [0, 0.1) is 5.92 Å². The first-order chi connectivity index (χ1) is 12.2. The van der Waals surface area contributed by atoms with Crippen molar-refractivity contribution in [3.8, 4) is 0 Å². The fourth-order valence-corrected chi connectivity index (χ4v) is 4.04. The molecule has 1 saturated carbocycles. The van der Waals surface area contributed by atoms with Gasteiger partial charge in [0, 0.05) is 19.0 Å². The third kappa shape index (κ3) is 7.35. The molecule has 5 heteroatoms. The van der Waals surface area contributed by atoms with E-state index in [4.69, 9.17) is 4.74 Å². The molecule has 1 saturated heterocycles. The quantitative estimate of drug-likeness (QED) is 0.447. The summed E-state index contributed by atoms with van der Waals surface area (Å²) >= 11 is 0. The number of likely N-dealkylation sites (tertiary alicyclic amines) is 1. The summed E-state index contributed by atoms with van der Waals surface area (Å²) < 4.78 is 5.03. The fourth-order valence-electron chi connectivity index (χ4n) is 4.04. The number of esters is 1. The smallest absolute Gasteiger partial charge is 0.307 e. The van der Waals surface area contributed by atoms with Gasteiger partial charge < -0.3 is 14.5 Å². The lowest BCUT2D eigenvalue weighted by atomic mass is 9.88. The third-order valence-electron chi connectivity index (χ3n) is 5.51. The Morgan fingerprint density at radius 2 is 1.72 bits per heavy atom. The van der Waals surface area contributed by atoms with Crippen LogP contribution >= 0.6 is 0 Å². The largest absolute Gasteiger partial charge is 0.466 e. The first-order valence-electron chi connectivity index (χ1n) is 10.4. The molecule has 0 radical (unpaired) electrons. The monoisotopic (exact) mass is 352 g/mol. The predicted octanol–water partition coefficient (Wildman–Crippen LogP) is 3.22. The number of carbonyl (C=O) groups excluding carboxylic acids is 2. The van der Waals surface area contributed by atoms with E-state index in [2.05, 4.69) is 4.90 Å². The number of unbranched alkanes of at least 4 members (excludes halogenated alkanes) is 1. The summed E-state index contributed by atoms with van der Waals surface area (Å²) in [5.74, 6) is 0.251. The van der Waals surface area contributed by atoms with Crippen molar-refractivity contribution >= 4 is 11.9 Å². The topological polar surface area (TPSA) is 49.9 Å². The first-order valence-corrected chi connectivity index (χ1v) is 10.4. The molecule has 0 N–H and O–H groups in total. The maximum Gasteiger partial charge on any atom is 0.307 e. The highest BCUT2D eigenvalue weighted by atomic mass is 16.5. The predicted molar refractivity (Wildman–Crippen MR) is 99.3 cm³/mol. The molecule has 1 heterocycles. The van der Waals surface area contributed by atoms with Gasteiger partial charge in [-0.25, -0.2) is 0 Å². The number of amides is 1. The molecule has 5 nitrogen and oxygen atoms in total. The maximum atomic E-state index is 12.9. The lowest BCUT2D eigenvalue weighted by Crippen LogP contribution is -2.39. The second-order valence-electron chi connectivity index (χ2n) is 7.47. The minimum atomic E-state index is -0.194. The van der Waals surface area contributed by atoms with Crippen molar-refractivity contribution in [1.82, 2.24) is 9.80 Å². The summed E-state index contributed by atoms with van der Waals surface area (Å²) in [6.07, 6.45) is 10.7. The van der Waals surface area contributed by atoms with E-state index in [1.54, 1.807) is 0 Å². The van der Waals surface area contributed by atoms with E-state index >= 15 is 0 Å². The van der Waals surface area contributed by atoms with Crippen molar-refractivity contribution in [2.75, 3.05) is 39.3 Å². The van der Waals surface area contributed by atoms with E-state index in [1.807, 2.05) is 11.8 Å². The van der Waals surface area contributed by atoms with Crippen molar-refractivity contribution in [2.24, 2.45) is 5.92 Å². The molecule has 0 aromatic rings. The highest BCUT2D eigenvalue weighted by Gasteiger charge is 2.26. The lowest BCUT2D eigenvalue weighted by molar-refractivity contribution is -0.144. The van der Waals surface area contributed by atoms with E-state index in [1.165, 1.54) is 32.4 Å². The molecule has 0 aromatic heterocycles. The highest BCUT2D eigenvalue weighted by Crippen LogP contribution is 2.25. The SMILES string of the molecule is CCOC(=O)CCN(CCCCN1CCCC1)C(=O)C1CCCCC1. The van der Waals surface area contributed by atoms with Crippen LogP contribution in [0.1, 0.15) is 71.1 Å². The molecule has 0 aromatic carbocycles. The van der Waals surface area contributed by atoms with Gasteiger partial charge >= 0.3 is 5.97 Å². The van der Waals surface area contributed by atoms with Gasteiger partial charge in [-0.15, -0.1) is 0 Å². The van der Waals surface area contributed by atoms with E-state index < -0.39 is 0 Å². The average molecular weight is 353 g/mol. The van der Waals surface area contributed by atoms with E-state index in [-0.39, 0.29) is 17.8 Å². The van der Waals surface area contributed by atoms with Crippen LogP contribution < -0.4 is 0 Å². The van der Waals surface area contributed by atoms with Crippen LogP contribution in [0.2, 0.25) is 0 Å². The summed E-state index contributed by atoms with van der Waals surface area (Å²) in [7, 11) is 0. The average Bonchev–Trinajstić information content (AvgIpc) is 3.15. The van der Waals surface area contributed by atoms with Crippen LogP contribution in [0.15, 0.2) is 0 Å². The zero-order valence-electron chi connectivity index (χ0n) is 16.0. The lowest BCUT2D eigenvalue weighted by Gasteiger charge is -2.29. The molecular weight excluding hydrogens is 316 g/mol. The molecule has 0 spiro atoms. The van der Waals surface area contributed by atoms with Gasteiger partial charge in [-0.2, -0.15) is 0 Å². The Labute approximate surface area is 153 Å². The molecule has 0 atom stereocenters. The second-order valence-corrected chi connectivity index (χ2v) is 7.47. The molecule has 2 rings (SSSR count). The van der Waals surface area contributed by atoms with E-state index in [0.29, 0.717) is 19.6 Å². The number of hydrogen-bond donors (Lipinski definition) is 0. The van der Waals surface area contributed by atoms with Gasteiger partial charge in [-0.3, -0.25) is 9.59 Å². The first kappa shape index (κ1) is 20.2. The van der Waals surface area contributed by atoms with E-state index in [0.717, 1.165) is 51.6 Å². The van der Waals surface area contributed by atoms with Crippen molar-refractivity contribution in [2.45, 2.75) is 71.1 Å². The van der Waals surface area contributed by atoms with Gasteiger partial charge in [0.05, 0.1) is 13.0 Å². The number of rotatable bonds is 10. The van der Waals surface area contributed by atoms with Crippen LogP contribution in [0.3, 0.4) is 0 Å². The normalized spacial score (nSPS) is 19.1. The molecule has 1 aliphatic carbocycles. The number of hydrogen-bond acceptors (Lipinski definition) is 4. The molecule has 0 unspecified atom stereocenters. The summed E-state index contributed by atoms with van der Waals surface area (Å²) in [6.45, 7) is 7.12. The van der Waals surface area contributed by atoms with Gasteiger partial charge in [0.25, 0.3) is 0 Å². The molecule has 2 fully saturated rings. The maximum absolute atomic E-state index is 12.9. The summed E-state index contributed by atoms with van der Waals surface area (Å²) in [5.41, 5.74) is 0. The Morgan fingerprint density at radius 3 is 2.40 bits per heavy atom. The van der Waals surface area contributed by atoms with Crippen molar-refractivity contribution in [3.05, 3.63) is 0 Å². The van der Waals surface area contributed by atoms with Gasteiger partial charge in [-0.05, 0) is 65.1 Å². The molecule has 1 aliphatic heterocycles. The Hall–Kier alpha value is -1.10. The summed E-state index contributed by atoms with van der Waals surface area (Å²) in [5, 5.41) is 0.